The Bertz CT molecular complexity index is 265. The second-order valence-electron chi connectivity index (χ2n) is 2.45. The van der Waals surface area contributed by atoms with Gasteiger partial charge in [-0.3, -0.25) is 0 Å². The zero-order chi connectivity index (χ0) is 8.65. The average Bonchev–Trinajstić information content (AvgIpc) is 2.62. The Balaban J connectivity index is -0.0000000739. The van der Waals surface area contributed by atoms with Crippen LogP contribution in [0.4, 0.5) is 0 Å². The molecule has 4 heteroatoms. The smallest absolute Gasteiger partial charge is 1.00 e. The zero-order valence-electron chi connectivity index (χ0n) is 8.61. The molecule has 0 spiro atoms. The Labute approximate surface area is 144 Å². The first kappa shape index (κ1) is 25.4. The van der Waals surface area contributed by atoms with Crippen LogP contribution in [0.2, 0.25) is 0 Å². The van der Waals surface area contributed by atoms with Crippen molar-refractivity contribution in [2.45, 2.75) is 0 Å². The van der Waals surface area contributed by atoms with Gasteiger partial charge in [0.2, 0.25) is 0 Å². The third-order valence-corrected chi connectivity index (χ3v) is 1.40. The van der Waals surface area contributed by atoms with Gasteiger partial charge in [0, 0.05) is 0 Å². The van der Waals surface area contributed by atoms with E-state index in [0.717, 1.165) is 5.56 Å². The first-order valence-corrected chi connectivity index (χ1v) is 3.93. The molecule has 16 heavy (non-hydrogen) atoms. The molecule has 0 nitrogen and oxygen atoms in total. The number of rotatable bonds is 0. The number of hydrogen-bond donors (Lipinski definition) is 0. The van der Waals surface area contributed by atoms with Crippen LogP contribution < -0.4 is 50.9 Å². The van der Waals surface area contributed by atoms with Crippen LogP contribution in [0.1, 0.15) is 5.56 Å². The molecule has 0 heterocycles. The van der Waals surface area contributed by atoms with Gasteiger partial charge in [0.25, 0.3) is 0 Å². The maximum atomic E-state index is 3.72. The number of halogens is 3. The maximum absolute atomic E-state index is 3.72. The van der Waals surface area contributed by atoms with Gasteiger partial charge in [-0.1, -0.05) is 6.07 Å². The van der Waals surface area contributed by atoms with Crippen LogP contribution >= 0.6 is 0 Å². The van der Waals surface area contributed by atoms with Gasteiger partial charge in [0.05, 0.1) is 0 Å². The van der Waals surface area contributed by atoms with Crippen LogP contribution in [0.3, 0.4) is 0 Å². The average molecular weight is 444 g/mol. The summed E-state index contributed by atoms with van der Waals surface area (Å²) in [6.07, 6.45) is 0. The Hall–Kier alpha value is 0.594. The van der Waals surface area contributed by atoms with Crippen molar-refractivity contribution in [1.82, 2.24) is 0 Å². The molecule has 87 valence electrons. The van der Waals surface area contributed by atoms with E-state index in [0.29, 0.717) is 0 Å². The van der Waals surface area contributed by atoms with Crippen molar-refractivity contribution in [3.8, 4) is 0 Å². The summed E-state index contributed by atoms with van der Waals surface area (Å²) in [6, 6.07) is 19.9. The molecular weight excluding hydrogens is 432 g/mol. The standard InChI is InChI=1S/C7H7.C5H5.3BrH.Ti/c1-7-5-3-2-4-6-7;1-2-4-5-3-1;;;;/h2-6H,1H2;1-5H;3*1H;/q2*-1;;;;+3/p-3. The third kappa shape index (κ3) is 14.6. The van der Waals surface area contributed by atoms with Crippen molar-refractivity contribution in [3.63, 3.8) is 0 Å². The van der Waals surface area contributed by atoms with Gasteiger partial charge >= 0.3 is 21.7 Å². The molecule has 0 atom stereocenters. The number of hydrogen-bond acceptors (Lipinski definition) is 0. The van der Waals surface area contributed by atoms with Crippen LogP contribution in [0, 0.1) is 6.92 Å². The minimum absolute atomic E-state index is 0. The summed E-state index contributed by atoms with van der Waals surface area (Å²) in [5.74, 6) is 0. The molecule has 0 aromatic heterocycles. The Morgan fingerprint density at radius 2 is 1.19 bits per heavy atom. The summed E-state index contributed by atoms with van der Waals surface area (Å²) in [4.78, 5) is 0. The summed E-state index contributed by atoms with van der Waals surface area (Å²) in [5.41, 5.74) is 1.07. The van der Waals surface area contributed by atoms with Crippen molar-refractivity contribution in [2.75, 3.05) is 0 Å². The molecule has 0 fully saturated rings. The van der Waals surface area contributed by atoms with E-state index in [1.807, 2.05) is 60.7 Å². The minimum atomic E-state index is 0. The molecule has 0 saturated carbocycles. The number of benzene rings is 1. The van der Waals surface area contributed by atoms with E-state index in [9.17, 15) is 0 Å². The Morgan fingerprint density at radius 1 is 0.750 bits per heavy atom. The minimum Gasteiger partial charge on any atom is -1.00 e. The molecule has 2 aromatic carbocycles. The largest absolute Gasteiger partial charge is 3.00 e. The van der Waals surface area contributed by atoms with Crippen LogP contribution in [0.5, 0.6) is 0 Å². The molecule has 0 unspecified atom stereocenters. The second kappa shape index (κ2) is 18.0. The summed E-state index contributed by atoms with van der Waals surface area (Å²) >= 11 is 0. The van der Waals surface area contributed by atoms with E-state index >= 15 is 0 Å². The summed E-state index contributed by atoms with van der Waals surface area (Å²) in [7, 11) is 0. The van der Waals surface area contributed by atoms with Crippen LogP contribution in [-0.4, -0.2) is 0 Å². The molecule has 1 radical (unpaired) electrons. The Kier molecular flexibility index (Phi) is 28.6. The SMILES string of the molecule is [Br-].[Br-].[Br-].[CH2-]c1ccccc1.[Ti+3].c1cc[cH-]c1. The molecule has 0 bridgehead atoms. The van der Waals surface area contributed by atoms with Crippen molar-refractivity contribution in [2.24, 2.45) is 0 Å². The summed E-state index contributed by atoms with van der Waals surface area (Å²) in [5, 5.41) is 0. The molecule has 2 aromatic rings. The molecule has 0 aliphatic carbocycles. The predicted molar refractivity (Wildman–Crippen MR) is 52.9 cm³/mol. The van der Waals surface area contributed by atoms with Crippen molar-refractivity contribution in [1.29, 1.82) is 0 Å². The van der Waals surface area contributed by atoms with Crippen LogP contribution in [-0.2, 0) is 21.7 Å². The first-order valence-electron chi connectivity index (χ1n) is 3.93. The van der Waals surface area contributed by atoms with Crippen molar-refractivity contribution < 1.29 is 72.7 Å². The van der Waals surface area contributed by atoms with E-state index < -0.39 is 0 Å². The molecule has 0 aliphatic heterocycles. The Morgan fingerprint density at radius 3 is 1.38 bits per heavy atom. The van der Waals surface area contributed by atoms with E-state index in [-0.39, 0.29) is 72.7 Å². The molecule has 2 rings (SSSR count). The van der Waals surface area contributed by atoms with Gasteiger partial charge in [-0.25, -0.2) is 12.1 Å². The molecule has 0 aliphatic rings. The topological polar surface area (TPSA) is 0 Å². The van der Waals surface area contributed by atoms with Gasteiger partial charge in [-0.2, -0.15) is 42.8 Å². The normalized spacial score (nSPS) is 6.25. The second-order valence-corrected chi connectivity index (χ2v) is 2.45. The fourth-order valence-electron chi connectivity index (χ4n) is 0.799. The summed E-state index contributed by atoms with van der Waals surface area (Å²) in [6.45, 7) is 3.72. The zero-order valence-corrected chi connectivity index (χ0v) is 14.9. The van der Waals surface area contributed by atoms with Crippen LogP contribution in [0.25, 0.3) is 0 Å². The first-order chi connectivity index (χ1) is 5.89. The quantitative estimate of drug-likeness (QED) is 0.281. The van der Waals surface area contributed by atoms with Crippen LogP contribution in [0.15, 0.2) is 60.7 Å². The predicted octanol–water partition coefficient (Wildman–Crippen LogP) is -5.72. The fraction of sp³-hybridized carbons (Fsp3) is 0. The van der Waals surface area contributed by atoms with Gasteiger partial charge in [0.1, 0.15) is 0 Å². The van der Waals surface area contributed by atoms with E-state index in [2.05, 4.69) is 6.92 Å². The van der Waals surface area contributed by atoms with Crippen molar-refractivity contribution in [3.05, 3.63) is 73.2 Å². The van der Waals surface area contributed by atoms with Gasteiger partial charge in [0.15, 0.2) is 0 Å². The third-order valence-electron chi connectivity index (χ3n) is 1.40. The van der Waals surface area contributed by atoms with Gasteiger partial charge in [-0.15, -0.1) is 12.1 Å². The summed E-state index contributed by atoms with van der Waals surface area (Å²) < 4.78 is 0. The van der Waals surface area contributed by atoms with Gasteiger partial charge < -0.3 is 50.9 Å². The fourth-order valence-corrected chi connectivity index (χ4v) is 0.799. The van der Waals surface area contributed by atoms with Gasteiger partial charge in [-0.05, 0) is 0 Å². The van der Waals surface area contributed by atoms with E-state index in [4.69, 9.17) is 0 Å². The van der Waals surface area contributed by atoms with Crippen molar-refractivity contribution >= 4 is 0 Å². The van der Waals surface area contributed by atoms with E-state index in [1.54, 1.807) is 0 Å². The molecule has 0 saturated heterocycles. The molecular formula is C12H12Br3Ti-2. The van der Waals surface area contributed by atoms with E-state index in [1.165, 1.54) is 0 Å². The molecule has 0 N–H and O–H groups in total. The monoisotopic (exact) mass is 441 g/mol. The molecule has 0 amide bonds. The maximum Gasteiger partial charge on any atom is 3.00 e.